The fourth-order valence-corrected chi connectivity index (χ4v) is 2.20. The Morgan fingerprint density at radius 2 is 1.96 bits per heavy atom. The van der Waals surface area contributed by atoms with Crippen molar-refractivity contribution in [3.63, 3.8) is 0 Å². The zero-order valence-corrected chi connectivity index (χ0v) is 15.4. The Bertz CT molecular complexity index is 635. The van der Waals surface area contributed by atoms with Crippen molar-refractivity contribution in [3.05, 3.63) is 41.7 Å². The highest BCUT2D eigenvalue weighted by atomic mass is 16.7. The molecule has 1 aliphatic rings. The van der Waals surface area contributed by atoms with Crippen LogP contribution in [0.1, 0.15) is 32.3 Å². The normalized spacial score (nSPS) is 13.2. The number of esters is 1. The summed E-state index contributed by atoms with van der Waals surface area (Å²) in [6.45, 7) is 5.82. The van der Waals surface area contributed by atoms with Crippen LogP contribution >= 0.6 is 0 Å². The molecule has 6 nitrogen and oxygen atoms in total. The Kier molecular flexibility index (Phi) is 8.55. The third kappa shape index (κ3) is 6.44. The summed E-state index contributed by atoms with van der Waals surface area (Å²) in [5.41, 5.74) is 0.927. The first kappa shape index (κ1) is 19.8. The number of carbonyl (C=O) groups excluding carboxylic acids is 1. The molecule has 1 aromatic carbocycles. The number of allylic oxidation sites excluding steroid dienone is 2. The molecule has 0 radical (unpaired) electrons. The van der Waals surface area contributed by atoms with Crippen molar-refractivity contribution in [2.24, 2.45) is 0 Å². The first-order valence-electron chi connectivity index (χ1n) is 8.90. The molecule has 0 unspecified atom stereocenters. The maximum Gasteiger partial charge on any atom is 0.373 e. The van der Waals surface area contributed by atoms with E-state index in [0.717, 1.165) is 24.2 Å². The molecule has 0 saturated carbocycles. The molecule has 26 heavy (non-hydrogen) atoms. The van der Waals surface area contributed by atoms with Gasteiger partial charge in [-0.15, -0.1) is 0 Å². The second kappa shape index (κ2) is 11.2. The van der Waals surface area contributed by atoms with E-state index in [1.165, 1.54) is 0 Å². The third-order valence-corrected chi connectivity index (χ3v) is 3.54. The molecule has 1 aromatic rings. The molecule has 0 saturated heterocycles. The van der Waals surface area contributed by atoms with Gasteiger partial charge in [-0.25, -0.2) is 4.79 Å². The van der Waals surface area contributed by atoms with Gasteiger partial charge < -0.3 is 23.7 Å². The van der Waals surface area contributed by atoms with Gasteiger partial charge in [0.2, 0.25) is 12.6 Å². The van der Waals surface area contributed by atoms with E-state index in [-0.39, 0.29) is 12.6 Å². The quantitative estimate of drug-likeness (QED) is 0.197. The standard InChI is InChI=1S/C20H26O6/c1-3-5-11-22-12-13-24-18(20(21)23-4-2)8-6-7-16-9-10-17-19(14-16)26-15-25-17/h6-10,14H,3-5,11-13,15H2,1-2H3. The number of benzene rings is 1. The molecule has 0 atom stereocenters. The van der Waals surface area contributed by atoms with Gasteiger partial charge in [0.15, 0.2) is 11.5 Å². The minimum Gasteiger partial charge on any atom is -0.484 e. The predicted molar refractivity (Wildman–Crippen MR) is 98.0 cm³/mol. The summed E-state index contributed by atoms with van der Waals surface area (Å²) < 4.78 is 26.6. The first-order chi connectivity index (χ1) is 12.7. The topological polar surface area (TPSA) is 63.2 Å². The average molecular weight is 362 g/mol. The zero-order chi connectivity index (χ0) is 18.6. The van der Waals surface area contributed by atoms with Crippen LogP contribution < -0.4 is 9.47 Å². The number of carbonyl (C=O) groups is 1. The molecule has 1 aliphatic heterocycles. The van der Waals surface area contributed by atoms with Crippen molar-refractivity contribution < 1.29 is 28.5 Å². The van der Waals surface area contributed by atoms with Gasteiger partial charge in [-0.05, 0) is 37.1 Å². The van der Waals surface area contributed by atoms with Crippen LogP contribution in [0.25, 0.3) is 6.08 Å². The van der Waals surface area contributed by atoms with E-state index in [4.69, 9.17) is 23.7 Å². The largest absolute Gasteiger partial charge is 0.484 e. The van der Waals surface area contributed by atoms with Crippen LogP contribution in [0, 0.1) is 0 Å². The van der Waals surface area contributed by atoms with Crippen molar-refractivity contribution in [2.75, 3.05) is 33.2 Å². The van der Waals surface area contributed by atoms with Crippen LogP contribution in [0.3, 0.4) is 0 Å². The number of ether oxygens (including phenoxy) is 5. The smallest absolute Gasteiger partial charge is 0.373 e. The summed E-state index contributed by atoms with van der Waals surface area (Å²) in [5.74, 6) is 1.11. The molecule has 0 N–H and O–H groups in total. The highest BCUT2D eigenvalue weighted by molar-refractivity contribution is 5.86. The van der Waals surface area contributed by atoms with Crippen molar-refractivity contribution in [1.82, 2.24) is 0 Å². The minimum atomic E-state index is -0.489. The lowest BCUT2D eigenvalue weighted by atomic mass is 10.2. The maximum atomic E-state index is 12.0. The molecule has 142 valence electrons. The summed E-state index contributed by atoms with van der Waals surface area (Å²) in [5, 5.41) is 0. The van der Waals surface area contributed by atoms with Crippen molar-refractivity contribution in [3.8, 4) is 11.5 Å². The van der Waals surface area contributed by atoms with Crippen LogP contribution in [-0.4, -0.2) is 39.2 Å². The lowest BCUT2D eigenvalue weighted by molar-refractivity contribution is -0.142. The van der Waals surface area contributed by atoms with E-state index >= 15 is 0 Å². The summed E-state index contributed by atoms with van der Waals surface area (Å²) in [4.78, 5) is 12.0. The lowest BCUT2D eigenvalue weighted by Crippen LogP contribution is -2.13. The Labute approximate surface area is 154 Å². The Balaban J connectivity index is 1.91. The van der Waals surface area contributed by atoms with E-state index in [2.05, 4.69) is 6.92 Å². The molecule has 0 fully saturated rings. The van der Waals surface area contributed by atoms with Crippen molar-refractivity contribution >= 4 is 12.0 Å². The molecule has 0 aliphatic carbocycles. The van der Waals surface area contributed by atoms with Crippen LogP contribution in [0.15, 0.2) is 36.1 Å². The van der Waals surface area contributed by atoms with Gasteiger partial charge in [-0.2, -0.15) is 0 Å². The van der Waals surface area contributed by atoms with Gasteiger partial charge in [0.1, 0.15) is 6.61 Å². The molecule has 0 aromatic heterocycles. The van der Waals surface area contributed by atoms with E-state index < -0.39 is 5.97 Å². The van der Waals surface area contributed by atoms with Crippen molar-refractivity contribution in [2.45, 2.75) is 26.7 Å². The first-order valence-corrected chi connectivity index (χ1v) is 8.90. The number of fused-ring (bicyclic) bond motifs is 1. The number of hydrogen-bond acceptors (Lipinski definition) is 6. The molecule has 1 heterocycles. The van der Waals surface area contributed by atoms with Gasteiger partial charge in [0.25, 0.3) is 0 Å². The fraction of sp³-hybridized carbons (Fsp3) is 0.450. The average Bonchev–Trinajstić information content (AvgIpc) is 3.11. The minimum absolute atomic E-state index is 0.155. The Morgan fingerprint density at radius 3 is 2.77 bits per heavy atom. The highest BCUT2D eigenvalue weighted by Crippen LogP contribution is 2.32. The second-order valence-electron chi connectivity index (χ2n) is 5.54. The van der Waals surface area contributed by atoms with Crippen LogP contribution in [0.5, 0.6) is 11.5 Å². The zero-order valence-electron chi connectivity index (χ0n) is 15.4. The Morgan fingerprint density at radius 1 is 1.12 bits per heavy atom. The summed E-state index contributed by atoms with van der Waals surface area (Å²) in [6.07, 6.45) is 7.27. The molecule has 6 heteroatoms. The molecule has 0 spiro atoms. The maximum absolute atomic E-state index is 12.0. The monoisotopic (exact) mass is 362 g/mol. The van der Waals surface area contributed by atoms with Gasteiger partial charge >= 0.3 is 5.97 Å². The SMILES string of the molecule is CCCCOCCOC(=CC=Cc1ccc2c(c1)OCO2)C(=O)OCC. The van der Waals surface area contributed by atoms with Crippen molar-refractivity contribution in [1.29, 1.82) is 0 Å². The van der Waals surface area contributed by atoms with Gasteiger partial charge in [-0.3, -0.25) is 0 Å². The summed E-state index contributed by atoms with van der Waals surface area (Å²) >= 11 is 0. The van der Waals surface area contributed by atoms with E-state index in [1.54, 1.807) is 19.1 Å². The molecular weight excluding hydrogens is 336 g/mol. The number of unbranched alkanes of at least 4 members (excludes halogenated alkanes) is 1. The van der Waals surface area contributed by atoms with E-state index in [1.807, 2.05) is 24.3 Å². The summed E-state index contributed by atoms with van der Waals surface area (Å²) in [6, 6.07) is 5.63. The van der Waals surface area contributed by atoms with Gasteiger partial charge in [0, 0.05) is 6.61 Å². The summed E-state index contributed by atoms with van der Waals surface area (Å²) in [7, 11) is 0. The molecule has 2 rings (SSSR count). The van der Waals surface area contributed by atoms with Crippen LogP contribution in [-0.2, 0) is 19.0 Å². The number of rotatable bonds is 11. The predicted octanol–water partition coefficient (Wildman–Crippen LogP) is 3.71. The van der Waals surface area contributed by atoms with Crippen LogP contribution in [0.4, 0.5) is 0 Å². The van der Waals surface area contributed by atoms with E-state index in [9.17, 15) is 4.79 Å². The fourth-order valence-electron chi connectivity index (χ4n) is 2.20. The molecule has 0 amide bonds. The van der Waals surface area contributed by atoms with E-state index in [0.29, 0.717) is 32.2 Å². The van der Waals surface area contributed by atoms with Gasteiger partial charge in [0.05, 0.1) is 13.2 Å². The second-order valence-corrected chi connectivity index (χ2v) is 5.54. The molecular formula is C20H26O6. The highest BCUT2D eigenvalue weighted by Gasteiger charge is 2.13. The Hall–Kier alpha value is -2.47. The lowest BCUT2D eigenvalue weighted by Gasteiger charge is -2.09. The van der Waals surface area contributed by atoms with Crippen LogP contribution in [0.2, 0.25) is 0 Å². The third-order valence-electron chi connectivity index (χ3n) is 3.54. The van der Waals surface area contributed by atoms with Gasteiger partial charge in [-0.1, -0.05) is 31.6 Å². The number of hydrogen-bond donors (Lipinski definition) is 0. The molecule has 0 bridgehead atoms.